The van der Waals surface area contributed by atoms with Gasteiger partial charge < -0.3 is 9.67 Å². The van der Waals surface area contributed by atoms with Crippen molar-refractivity contribution in [3.8, 4) is 17.0 Å². The fraction of sp³-hybridized carbons (Fsp3) is 0.333. The summed E-state index contributed by atoms with van der Waals surface area (Å²) in [7, 11) is 0. The molecule has 0 aliphatic rings. The van der Waals surface area contributed by atoms with Crippen LogP contribution in [0.5, 0.6) is 5.75 Å². The summed E-state index contributed by atoms with van der Waals surface area (Å²) in [5.74, 6) is 1.99. The molecule has 0 saturated heterocycles. The van der Waals surface area contributed by atoms with Crippen LogP contribution < -0.4 is 0 Å². The maximum atomic E-state index is 9.53. The van der Waals surface area contributed by atoms with E-state index in [-0.39, 0.29) is 5.75 Å². The number of hydrogen-bond acceptors (Lipinski definition) is 6. The van der Waals surface area contributed by atoms with E-state index in [9.17, 15) is 5.11 Å². The Hall–Kier alpha value is -2.35. The first-order valence-electron chi connectivity index (χ1n) is 7.39. The molecule has 0 saturated carbocycles. The molecule has 0 aliphatic heterocycles. The molecule has 1 aromatic carbocycles. The minimum Gasteiger partial charge on any atom is -0.508 e. The van der Waals surface area contributed by atoms with Crippen LogP contribution in [0.2, 0.25) is 0 Å². The van der Waals surface area contributed by atoms with E-state index in [4.69, 9.17) is 0 Å². The molecule has 0 amide bonds. The van der Waals surface area contributed by atoms with Gasteiger partial charge >= 0.3 is 0 Å². The predicted octanol–water partition coefficient (Wildman–Crippen LogP) is 2.36. The summed E-state index contributed by atoms with van der Waals surface area (Å²) in [6, 6.07) is 7.00. The Bertz CT molecular complexity index is 797. The monoisotopic (exact) mass is 330 g/mol. The summed E-state index contributed by atoms with van der Waals surface area (Å²) < 4.78 is 3.88. The van der Waals surface area contributed by atoms with Crippen molar-refractivity contribution in [2.75, 3.05) is 5.75 Å². The van der Waals surface area contributed by atoms with Gasteiger partial charge in [-0.2, -0.15) is 0 Å². The van der Waals surface area contributed by atoms with Crippen molar-refractivity contribution >= 4 is 11.8 Å². The molecule has 120 valence electrons. The van der Waals surface area contributed by atoms with Crippen LogP contribution in [0, 0.1) is 6.92 Å². The number of rotatable bonds is 6. The second-order valence-electron chi connectivity index (χ2n) is 5.04. The van der Waals surface area contributed by atoms with Crippen LogP contribution in [0.1, 0.15) is 12.7 Å². The van der Waals surface area contributed by atoms with E-state index in [1.807, 2.05) is 19.2 Å². The average molecular weight is 330 g/mol. The Morgan fingerprint density at radius 1 is 1.22 bits per heavy atom. The SMILES string of the molecule is CCn1c(C)nnc1SCCn1cc(-c2cccc(O)c2)nn1. The van der Waals surface area contributed by atoms with E-state index in [1.54, 1.807) is 34.6 Å². The van der Waals surface area contributed by atoms with Gasteiger partial charge in [-0.1, -0.05) is 29.1 Å². The highest BCUT2D eigenvalue weighted by Gasteiger charge is 2.08. The van der Waals surface area contributed by atoms with E-state index in [2.05, 4.69) is 32.0 Å². The number of phenolic OH excluding ortho intramolecular Hbond substituents is 1. The number of aromatic nitrogens is 6. The standard InChI is InChI=1S/C15H18N6OS/c1-3-21-11(2)16-18-15(21)23-8-7-20-10-14(17-19-20)12-5-4-6-13(22)9-12/h4-6,9-10,22H,3,7-8H2,1-2H3. The Kier molecular flexibility index (Phi) is 4.61. The van der Waals surface area contributed by atoms with E-state index in [0.717, 1.165) is 41.1 Å². The van der Waals surface area contributed by atoms with Gasteiger partial charge in [-0.15, -0.1) is 15.3 Å². The van der Waals surface area contributed by atoms with Crippen molar-refractivity contribution in [1.82, 2.24) is 29.8 Å². The fourth-order valence-corrected chi connectivity index (χ4v) is 3.24. The Morgan fingerprint density at radius 3 is 2.87 bits per heavy atom. The Balaban J connectivity index is 1.61. The molecule has 3 rings (SSSR count). The van der Waals surface area contributed by atoms with Crippen molar-refractivity contribution in [1.29, 1.82) is 0 Å². The van der Waals surface area contributed by atoms with Gasteiger partial charge in [0.25, 0.3) is 0 Å². The second kappa shape index (κ2) is 6.82. The molecule has 23 heavy (non-hydrogen) atoms. The van der Waals surface area contributed by atoms with E-state index >= 15 is 0 Å². The van der Waals surface area contributed by atoms with Crippen LogP contribution in [-0.2, 0) is 13.1 Å². The van der Waals surface area contributed by atoms with Crippen molar-refractivity contribution in [3.63, 3.8) is 0 Å². The zero-order valence-corrected chi connectivity index (χ0v) is 13.9. The molecule has 0 unspecified atom stereocenters. The lowest BCUT2D eigenvalue weighted by Gasteiger charge is -2.04. The van der Waals surface area contributed by atoms with Gasteiger partial charge in [0.05, 0.1) is 12.7 Å². The first kappa shape index (κ1) is 15.5. The van der Waals surface area contributed by atoms with Gasteiger partial charge in [-0.25, -0.2) is 0 Å². The van der Waals surface area contributed by atoms with Crippen LogP contribution in [0.3, 0.4) is 0 Å². The number of hydrogen-bond donors (Lipinski definition) is 1. The van der Waals surface area contributed by atoms with Crippen LogP contribution in [0.4, 0.5) is 0 Å². The van der Waals surface area contributed by atoms with E-state index < -0.39 is 0 Å². The number of aryl methyl sites for hydroxylation is 2. The summed E-state index contributed by atoms with van der Waals surface area (Å²) in [6.45, 7) is 5.64. The highest BCUT2D eigenvalue weighted by atomic mass is 32.2. The Morgan fingerprint density at radius 2 is 2.09 bits per heavy atom. The third-order valence-electron chi connectivity index (χ3n) is 3.45. The summed E-state index contributed by atoms with van der Waals surface area (Å²) >= 11 is 1.66. The molecule has 8 heteroatoms. The average Bonchev–Trinajstić information content (AvgIpc) is 3.14. The van der Waals surface area contributed by atoms with Crippen LogP contribution in [0.15, 0.2) is 35.6 Å². The summed E-state index contributed by atoms with van der Waals surface area (Å²) in [6.07, 6.45) is 1.88. The zero-order chi connectivity index (χ0) is 16.2. The molecule has 0 fully saturated rings. The number of thioether (sulfide) groups is 1. The lowest BCUT2D eigenvalue weighted by Crippen LogP contribution is -2.03. The number of nitrogens with zero attached hydrogens (tertiary/aromatic N) is 6. The highest BCUT2D eigenvalue weighted by Crippen LogP contribution is 2.21. The zero-order valence-electron chi connectivity index (χ0n) is 13.0. The second-order valence-corrected chi connectivity index (χ2v) is 6.10. The summed E-state index contributed by atoms with van der Waals surface area (Å²) in [4.78, 5) is 0. The third-order valence-corrected chi connectivity index (χ3v) is 4.40. The summed E-state index contributed by atoms with van der Waals surface area (Å²) in [5.41, 5.74) is 1.60. The van der Waals surface area contributed by atoms with Crippen LogP contribution >= 0.6 is 11.8 Å². The molecule has 0 radical (unpaired) electrons. The Labute approximate surface area is 138 Å². The lowest BCUT2D eigenvalue weighted by atomic mass is 10.1. The number of aromatic hydroxyl groups is 1. The first-order chi connectivity index (χ1) is 11.2. The molecule has 0 spiro atoms. The normalized spacial score (nSPS) is 11.0. The molecule has 0 bridgehead atoms. The van der Waals surface area contributed by atoms with Crippen LogP contribution in [0.25, 0.3) is 11.3 Å². The fourth-order valence-electron chi connectivity index (χ4n) is 2.27. The maximum absolute atomic E-state index is 9.53. The maximum Gasteiger partial charge on any atom is 0.191 e. The molecule has 2 heterocycles. The van der Waals surface area contributed by atoms with Crippen molar-refractivity contribution in [2.24, 2.45) is 0 Å². The molecule has 0 atom stereocenters. The molecular formula is C15H18N6OS. The van der Waals surface area contributed by atoms with Gasteiger partial charge in [0.2, 0.25) is 0 Å². The van der Waals surface area contributed by atoms with Gasteiger partial charge in [0, 0.05) is 17.9 Å². The molecule has 3 aromatic rings. The third kappa shape index (κ3) is 3.53. The quantitative estimate of drug-likeness (QED) is 0.699. The molecule has 0 aliphatic carbocycles. The van der Waals surface area contributed by atoms with E-state index in [0.29, 0.717) is 0 Å². The predicted molar refractivity (Wildman–Crippen MR) is 88.3 cm³/mol. The largest absolute Gasteiger partial charge is 0.508 e. The molecule has 2 aromatic heterocycles. The van der Waals surface area contributed by atoms with Gasteiger partial charge in [-0.3, -0.25) is 4.68 Å². The number of benzene rings is 1. The van der Waals surface area contributed by atoms with Gasteiger partial charge in [0.15, 0.2) is 5.16 Å². The van der Waals surface area contributed by atoms with Crippen LogP contribution in [-0.4, -0.2) is 40.6 Å². The van der Waals surface area contributed by atoms with Crippen molar-refractivity contribution < 1.29 is 5.11 Å². The van der Waals surface area contributed by atoms with Gasteiger partial charge in [-0.05, 0) is 26.0 Å². The van der Waals surface area contributed by atoms with E-state index in [1.165, 1.54) is 0 Å². The highest BCUT2D eigenvalue weighted by molar-refractivity contribution is 7.99. The van der Waals surface area contributed by atoms with Crippen molar-refractivity contribution in [2.45, 2.75) is 32.1 Å². The minimum atomic E-state index is 0.224. The molecule has 1 N–H and O–H groups in total. The number of phenols is 1. The lowest BCUT2D eigenvalue weighted by molar-refractivity contribution is 0.475. The molecular weight excluding hydrogens is 312 g/mol. The van der Waals surface area contributed by atoms with Crippen molar-refractivity contribution in [3.05, 3.63) is 36.3 Å². The first-order valence-corrected chi connectivity index (χ1v) is 8.38. The minimum absolute atomic E-state index is 0.224. The topological polar surface area (TPSA) is 81.7 Å². The summed E-state index contributed by atoms with van der Waals surface area (Å²) in [5, 5.41) is 27.0. The van der Waals surface area contributed by atoms with Gasteiger partial charge in [0.1, 0.15) is 17.3 Å². The smallest absolute Gasteiger partial charge is 0.191 e. The molecule has 7 nitrogen and oxygen atoms in total.